The van der Waals surface area contributed by atoms with Crippen LogP contribution in [0.1, 0.15) is 149 Å². The predicted octanol–water partition coefficient (Wildman–Crippen LogP) is 8.37. The van der Waals surface area contributed by atoms with Gasteiger partial charge in [0.25, 0.3) is 0 Å². The fraction of sp³-hybridized carbons (Fsp3) is 0.920. The van der Waals surface area contributed by atoms with Gasteiger partial charge in [0.1, 0.15) is 0 Å². The van der Waals surface area contributed by atoms with Crippen LogP contribution in [-0.2, 0) is 9.59 Å². The lowest BCUT2D eigenvalue weighted by atomic mass is 10.0. The molecule has 0 fully saturated rings. The molecule has 0 radical (unpaired) electrons. The number of hydrogen-bond donors (Lipinski definition) is 2. The summed E-state index contributed by atoms with van der Waals surface area (Å²) >= 11 is 0. The average Bonchev–Trinajstić information content (AvgIpc) is 2.70. The molecule has 0 aliphatic rings. The molecule has 0 bridgehead atoms. The van der Waals surface area contributed by atoms with Gasteiger partial charge in [0.2, 0.25) is 0 Å². The van der Waals surface area contributed by atoms with Gasteiger partial charge in [0.05, 0.1) is 0 Å². The average molecular weight is 415 g/mol. The van der Waals surface area contributed by atoms with Crippen molar-refractivity contribution in [1.82, 2.24) is 0 Å². The molecule has 29 heavy (non-hydrogen) atoms. The van der Waals surface area contributed by atoms with E-state index in [2.05, 4.69) is 6.92 Å². The monoisotopic (exact) mass is 414 g/mol. The maximum absolute atomic E-state index is 10.4. The van der Waals surface area contributed by atoms with Crippen LogP contribution < -0.4 is 0 Å². The van der Waals surface area contributed by atoms with Crippen molar-refractivity contribution in [3.8, 4) is 0 Å². The minimum atomic E-state index is -0.745. The Bertz CT molecular complexity index is 342. The van der Waals surface area contributed by atoms with E-state index < -0.39 is 11.9 Å². The summed E-state index contributed by atoms with van der Waals surface area (Å²) in [6, 6.07) is 0. The zero-order chi connectivity index (χ0) is 22.0. The van der Waals surface area contributed by atoms with Gasteiger partial charge in [-0.25, -0.2) is 0 Å². The van der Waals surface area contributed by atoms with Gasteiger partial charge in [-0.3, -0.25) is 9.59 Å². The maximum atomic E-state index is 10.4. The van der Waals surface area contributed by atoms with Crippen LogP contribution in [0.2, 0.25) is 0 Å². The van der Waals surface area contributed by atoms with E-state index in [1.807, 2.05) is 0 Å². The van der Waals surface area contributed by atoms with E-state index in [-0.39, 0.29) is 6.42 Å². The summed E-state index contributed by atoms with van der Waals surface area (Å²) in [5.74, 6) is -1.40. The largest absolute Gasteiger partial charge is 0.481 e. The first-order valence-electron chi connectivity index (χ1n) is 12.5. The van der Waals surface area contributed by atoms with Crippen LogP contribution in [0.15, 0.2) is 0 Å². The lowest BCUT2D eigenvalue weighted by Gasteiger charge is -2.03. The molecule has 0 aromatic rings. The molecule has 0 atom stereocenters. The molecule has 174 valence electrons. The SMILES string of the molecule is CCC(=O)O.CCCCCCCCCCCCCCCCCCCCCC(=O)O. The van der Waals surface area contributed by atoms with E-state index in [9.17, 15) is 9.59 Å². The smallest absolute Gasteiger partial charge is 0.303 e. The Balaban J connectivity index is 0. The molecule has 0 saturated heterocycles. The molecule has 0 aliphatic carbocycles. The molecule has 4 nitrogen and oxygen atoms in total. The highest BCUT2D eigenvalue weighted by Crippen LogP contribution is 2.14. The van der Waals surface area contributed by atoms with Gasteiger partial charge in [0.15, 0.2) is 0 Å². The van der Waals surface area contributed by atoms with Crippen LogP contribution in [0.25, 0.3) is 0 Å². The Labute approximate surface area is 180 Å². The standard InChI is InChI=1S/C22H44O2.C3H6O2/c1-2-3-4-5-6-7-8-9-10-11-12-13-14-15-16-17-18-19-20-21-22(23)24;1-2-3(4)5/h2-21H2,1H3,(H,23,24);2H2,1H3,(H,4,5). The van der Waals surface area contributed by atoms with Gasteiger partial charge in [-0.1, -0.05) is 129 Å². The minimum absolute atomic E-state index is 0.222. The normalized spacial score (nSPS) is 10.4. The molecule has 0 aliphatic heterocycles. The summed E-state index contributed by atoms with van der Waals surface area (Å²) in [6.07, 6.45) is 26.3. The van der Waals surface area contributed by atoms with E-state index in [1.165, 1.54) is 109 Å². The summed E-state index contributed by atoms with van der Waals surface area (Å²) < 4.78 is 0. The molecular formula is C25H50O4. The Kier molecular flexibility index (Phi) is 28.0. The van der Waals surface area contributed by atoms with Gasteiger partial charge in [-0.2, -0.15) is 0 Å². The van der Waals surface area contributed by atoms with E-state index in [4.69, 9.17) is 10.2 Å². The van der Waals surface area contributed by atoms with Crippen LogP contribution >= 0.6 is 0 Å². The Morgan fingerprint density at radius 3 is 0.897 bits per heavy atom. The fourth-order valence-corrected chi connectivity index (χ4v) is 3.35. The Morgan fingerprint density at radius 1 is 0.448 bits per heavy atom. The third kappa shape index (κ3) is 34.8. The lowest BCUT2D eigenvalue weighted by molar-refractivity contribution is -0.137. The van der Waals surface area contributed by atoms with Gasteiger partial charge in [-0.15, -0.1) is 0 Å². The van der Waals surface area contributed by atoms with Crippen molar-refractivity contribution in [2.24, 2.45) is 0 Å². The third-order valence-corrected chi connectivity index (χ3v) is 5.30. The van der Waals surface area contributed by atoms with Crippen molar-refractivity contribution < 1.29 is 19.8 Å². The number of carbonyl (C=O) groups is 2. The second kappa shape index (κ2) is 26.9. The predicted molar refractivity (Wildman–Crippen MR) is 124 cm³/mol. The van der Waals surface area contributed by atoms with Gasteiger partial charge in [0, 0.05) is 12.8 Å². The molecule has 0 saturated carbocycles. The molecule has 0 amide bonds. The quantitative estimate of drug-likeness (QED) is 0.185. The molecule has 4 heteroatoms. The van der Waals surface area contributed by atoms with Crippen molar-refractivity contribution in [2.75, 3.05) is 0 Å². The molecule has 0 heterocycles. The molecule has 0 rings (SSSR count). The number of unbranched alkanes of at least 4 members (excludes halogenated alkanes) is 18. The van der Waals surface area contributed by atoms with Crippen molar-refractivity contribution in [2.45, 2.75) is 149 Å². The van der Waals surface area contributed by atoms with Crippen LogP contribution in [0, 0.1) is 0 Å². The first kappa shape index (κ1) is 30.1. The minimum Gasteiger partial charge on any atom is -0.481 e. The van der Waals surface area contributed by atoms with Crippen molar-refractivity contribution in [3.63, 3.8) is 0 Å². The first-order chi connectivity index (χ1) is 14.0. The number of rotatable bonds is 21. The lowest BCUT2D eigenvalue weighted by Crippen LogP contribution is -1.93. The summed E-state index contributed by atoms with van der Waals surface area (Å²) in [4.78, 5) is 19.7. The topological polar surface area (TPSA) is 74.6 Å². The highest BCUT2D eigenvalue weighted by Gasteiger charge is 1.97. The zero-order valence-corrected chi connectivity index (χ0v) is 19.6. The number of hydrogen-bond acceptors (Lipinski definition) is 2. The highest BCUT2D eigenvalue weighted by atomic mass is 16.4. The molecular weight excluding hydrogens is 364 g/mol. The highest BCUT2D eigenvalue weighted by molar-refractivity contribution is 5.66. The molecule has 2 N–H and O–H groups in total. The second-order valence-electron chi connectivity index (χ2n) is 8.25. The van der Waals surface area contributed by atoms with E-state index >= 15 is 0 Å². The second-order valence-corrected chi connectivity index (χ2v) is 8.25. The van der Waals surface area contributed by atoms with Crippen LogP contribution in [-0.4, -0.2) is 22.2 Å². The number of carboxylic acids is 2. The molecule has 0 spiro atoms. The molecule has 0 aromatic heterocycles. The van der Waals surface area contributed by atoms with Crippen molar-refractivity contribution >= 4 is 11.9 Å². The maximum Gasteiger partial charge on any atom is 0.303 e. The zero-order valence-electron chi connectivity index (χ0n) is 19.6. The van der Waals surface area contributed by atoms with E-state index in [0.717, 1.165) is 12.8 Å². The van der Waals surface area contributed by atoms with Gasteiger partial charge in [-0.05, 0) is 6.42 Å². The summed E-state index contributed by atoms with van der Waals surface area (Å²) in [7, 11) is 0. The number of carboxylic acid groups (broad SMARTS) is 2. The van der Waals surface area contributed by atoms with Gasteiger partial charge >= 0.3 is 11.9 Å². The summed E-state index contributed by atoms with van der Waals surface area (Å²) in [5, 5.41) is 16.3. The van der Waals surface area contributed by atoms with Crippen LogP contribution in [0.4, 0.5) is 0 Å². The number of aliphatic carboxylic acids is 2. The summed E-state index contributed by atoms with van der Waals surface area (Å²) in [6.45, 7) is 3.88. The molecule has 0 aromatic carbocycles. The Hall–Kier alpha value is -1.06. The molecule has 0 unspecified atom stereocenters. The van der Waals surface area contributed by atoms with Crippen LogP contribution in [0.5, 0.6) is 0 Å². The van der Waals surface area contributed by atoms with E-state index in [1.54, 1.807) is 6.92 Å². The van der Waals surface area contributed by atoms with Gasteiger partial charge < -0.3 is 10.2 Å². The fourth-order valence-electron chi connectivity index (χ4n) is 3.35. The van der Waals surface area contributed by atoms with Crippen molar-refractivity contribution in [1.29, 1.82) is 0 Å². The first-order valence-corrected chi connectivity index (χ1v) is 12.5. The Morgan fingerprint density at radius 2 is 0.690 bits per heavy atom. The van der Waals surface area contributed by atoms with Crippen molar-refractivity contribution in [3.05, 3.63) is 0 Å². The summed E-state index contributed by atoms with van der Waals surface area (Å²) in [5.41, 5.74) is 0. The van der Waals surface area contributed by atoms with Crippen LogP contribution in [0.3, 0.4) is 0 Å². The van der Waals surface area contributed by atoms with E-state index in [0.29, 0.717) is 6.42 Å². The third-order valence-electron chi connectivity index (χ3n) is 5.30.